The van der Waals surface area contributed by atoms with Gasteiger partial charge in [-0.3, -0.25) is 0 Å². The molecule has 1 heteroatoms. The molecule has 0 aromatic heterocycles. The minimum Gasteiger partial charge on any atom is -0.311 e. The second-order valence-corrected chi connectivity index (χ2v) is 7.57. The van der Waals surface area contributed by atoms with E-state index in [0.29, 0.717) is 0 Å². The van der Waals surface area contributed by atoms with Gasteiger partial charge in [-0.05, 0) is 50.4 Å². The van der Waals surface area contributed by atoms with Gasteiger partial charge in [0.1, 0.15) is 0 Å². The van der Waals surface area contributed by atoms with Crippen LogP contribution in [0.25, 0.3) is 0 Å². The summed E-state index contributed by atoms with van der Waals surface area (Å²) in [6.45, 7) is 7.26. The smallest absolute Gasteiger partial charge is 0.00723 e. The van der Waals surface area contributed by atoms with Gasteiger partial charge in [0.25, 0.3) is 0 Å². The molecule has 2 rings (SSSR count). The Bertz CT molecular complexity index is 240. The average Bonchev–Trinajstić information content (AvgIpc) is 2.68. The molecule has 0 spiro atoms. The van der Waals surface area contributed by atoms with Gasteiger partial charge in [0.2, 0.25) is 0 Å². The Labute approximate surface area is 120 Å². The zero-order valence-corrected chi connectivity index (χ0v) is 13.5. The molecule has 0 heterocycles. The molecule has 2 fully saturated rings. The number of hydrogen-bond acceptors (Lipinski definition) is 1. The SMILES string of the molecule is CC(C)C1CCCC(N[C@H](C)C2CCCCCC2)C1. The van der Waals surface area contributed by atoms with Crippen LogP contribution in [-0.2, 0) is 0 Å². The van der Waals surface area contributed by atoms with E-state index in [0.717, 1.165) is 29.8 Å². The summed E-state index contributed by atoms with van der Waals surface area (Å²) in [6, 6.07) is 1.55. The molecule has 1 N–H and O–H groups in total. The van der Waals surface area contributed by atoms with Crippen molar-refractivity contribution in [2.45, 2.75) is 97.1 Å². The largest absolute Gasteiger partial charge is 0.311 e. The molecule has 0 aliphatic heterocycles. The molecule has 1 nitrogen and oxygen atoms in total. The predicted molar refractivity (Wildman–Crippen MR) is 84.4 cm³/mol. The first kappa shape index (κ1) is 15.4. The van der Waals surface area contributed by atoms with Crippen LogP contribution in [0.2, 0.25) is 0 Å². The maximum Gasteiger partial charge on any atom is 0.00723 e. The van der Waals surface area contributed by atoms with Crippen molar-refractivity contribution in [3.05, 3.63) is 0 Å². The lowest BCUT2D eigenvalue weighted by atomic mass is 9.78. The van der Waals surface area contributed by atoms with Gasteiger partial charge in [-0.2, -0.15) is 0 Å². The van der Waals surface area contributed by atoms with Crippen molar-refractivity contribution in [3.8, 4) is 0 Å². The number of nitrogens with one attached hydrogen (secondary N) is 1. The summed E-state index contributed by atoms with van der Waals surface area (Å²) in [5, 5.41) is 4.00. The molecule has 0 aromatic carbocycles. The van der Waals surface area contributed by atoms with Crippen LogP contribution in [0.15, 0.2) is 0 Å². The van der Waals surface area contributed by atoms with E-state index >= 15 is 0 Å². The molecule has 2 aliphatic rings. The van der Waals surface area contributed by atoms with E-state index < -0.39 is 0 Å². The molecule has 0 saturated heterocycles. The molecular weight excluding hydrogens is 230 g/mol. The van der Waals surface area contributed by atoms with Crippen LogP contribution in [-0.4, -0.2) is 12.1 Å². The zero-order chi connectivity index (χ0) is 13.7. The fourth-order valence-corrected chi connectivity index (χ4v) is 4.30. The van der Waals surface area contributed by atoms with Crippen molar-refractivity contribution in [2.75, 3.05) is 0 Å². The van der Waals surface area contributed by atoms with Gasteiger partial charge < -0.3 is 5.32 Å². The summed E-state index contributed by atoms with van der Waals surface area (Å²) in [5.41, 5.74) is 0. The van der Waals surface area contributed by atoms with Gasteiger partial charge in [-0.1, -0.05) is 52.4 Å². The molecule has 0 aromatic rings. The minimum absolute atomic E-state index is 0.744. The Balaban J connectivity index is 1.78. The summed E-state index contributed by atoms with van der Waals surface area (Å²) < 4.78 is 0. The zero-order valence-electron chi connectivity index (χ0n) is 13.5. The fourth-order valence-electron chi connectivity index (χ4n) is 4.30. The lowest BCUT2D eigenvalue weighted by Gasteiger charge is -2.35. The Kier molecular flexibility index (Phi) is 6.19. The Morgan fingerprint density at radius 2 is 1.37 bits per heavy atom. The summed E-state index contributed by atoms with van der Waals surface area (Å²) in [6.07, 6.45) is 14.6. The maximum absolute atomic E-state index is 4.00. The molecule has 2 saturated carbocycles. The molecule has 0 bridgehead atoms. The van der Waals surface area contributed by atoms with E-state index in [-0.39, 0.29) is 0 Å². The van der Waals surface area contributed by atoms with Crippen LogP contribution in [0, 0.1) is 17.8 Å². The van der Waals surface area contributed by atoms with Crippen LogP contribution in [0.1, 0.15) is 85.0 Å². The quantitative estimate of drug-likeness (QED) is 0.693. The van der Waals surface area contributed by atoms with Gasteiger partial charge in [-0.25, -0.2) is 0 Å². The molecule has 3 atom stereocenters. The van der Waals surface area contributed by atoms with E-state index in [1.165, 1.54) is 64.2 Å². The highest BCUT2D eigenvalue weighted by Crippen LogP contribution is 2.31. The Morgan fingerprint density at radius 3 is 2.00 bits per heavy atom. The Morgan fingerprint density at radius 1 is 0.737 bits per heavy atom. The van der Waals surface area contributed by atoms with Crippen LogP contribution in [0.5, 0.6) is 0 Å². The van der Waals surface area contributed by atoms with Crippen molar-refractivity contribution in [3.63, 3.8) is 0 Å². The normalized spacial score (nSPS) is 32.2. The van der Waals surface area contributed by atoms with Gasteiger partial charge in [-0.15, -0.1) is 0 Å². The van der Waals surface area contributed by atoms with Gasteiger partial charge in [0.05, 0.1) is 0 Å². The first-order valence-electron chi connectivity index (χ1n) is 8.93. The second-order valence-electron chi connectivity index (χ2n) is 7.57. The summed E-state index contributed by atoms with van der Waals surface area (Å²) in [4.78, 5) is 0. The fraction of sp³-hybridized carbons (Fsp3) is 1.00. The highest BCUT2D eigenvalue weighted by Gasteiger charge is 2.27. The molecule has 2 aliphatic carbocycles. The van der Waals surface area contributed by atoms with E-state index in [1.54, 1.807) is 0 Å². The van der Waals surface area contributed by atoms with Crippen LogP contribution >= 0.6 is 0 Å². The summed E-state index contributed by atoms with van der Waals surface area (Å²) in [7, 11) is 0. The van der Waals surface area contributed by atoms with Crippen LogP contribution in [0.4, 0.5) is 0 Å². The van der Waals surface area contributed by atoms with Gasteiger partial charge >= 0.3 is 0 Å². The molecule has 19 heavy (non-hydrogen) atoms. The topological polar surface area (TPSA) is 12.0 Å². The highest BCUT2D eigenvalue weighted by molar-refractivity contribution is 4.84. The molecule has 0 radical (unpaired) electrons. The lowest BCUT2D eigenvalue weighted by molar-refractivity contribution is 0.204. The first-order valence-corrected chi connectivity index (χ1v) is 8.93. The van der Waals surface area contributed by atoms with Crippen molar-refractivity contribution >= 4 is 0 Å². The van der Waals surface area contributed by atoms with Crippen molar-refractivity contribution in [1.82, 2.24) is 5.32 Å². The lowest BCUT2D eigenvalue weighted by Crippen LogP contribution is -2.43. The van der Waals surface area contributed by atoms with Crippen molar-refractivity contribution < 1.29 is 0 Å². The first-order chi connectivity index (χ1) is 9.16. The van der Waals surface area contributed by atoms with E-state index in [4.69, 9.17) is 0 Å². The Hall–Kier alpha value is -0.0400. The summed E-state index contributed by atoms with van der Waals surface area (Å²) >= 11 is 0. The monoisotopic (exact) mass is 265 g/mol. The molecule has 0 amide bonds. The van der Waals surface area contributed by atoms with Gasteiger partial charge in [0.15, 0.2) is 0 Å². The van der Waals surface area contributed by atoms with Crippen molar-refractivity contribution in [2.24, 2.45) is 17.8 Å². The standard InChI is InChI=1S/C18H35N/c1-14(2)17-11-8-12-18(13-17)19-15(3)16-9-6-4-5-7-10-16/h14-19H,4-13H2,1-3H3/t15-,17?,18?/m1/s1. The average molecular weight is 265 g/mol. The van der Waals surface area contributed by atoms with Crippen LogP contribution in [0.3, 0.4) is 0 Å². The maximum atomic E-state index is 4.00. The van der Waals surface area contributed by atoms with Crippen LogP contribution < -0.4 is 5.32 Å². The minimum atomic E-state index is 0.744. The number of rotatable bonds is 4. The van der Waals surface area contributed by atoms with E-state index in [1.807, 2.05) is 0 Å². The third-order valence-corrected chi connectivity index (χ3v) is 5.76. The molecular formula is C18H35N. The van der Waals surface area contributed by atoms with E-state index in [2.05, 4.69) is 26.1 Å². The molecule has 2 unspecified atom stereocenters. The third-order valence-electron chi connectivity index (χ3n) is 5.76. The predicted octanol–water partition coefficient (Wildman–Crippen LogP) is 5.15. The van der Waals surface area contributed by atoms with Crippen molar-refractivity contribution in [1.29, 1.82) is 0 Å². The number of hydrogen-bond donors (Lipinski definition) is 1. The van der Waals surface area contributed by atoms with E-state index in [9.17, 15) is 0 Å². The highest BCUT2D eigenvalue weighted by atomic mass is 15.0. The van der Waals surface area contributed by atoms with Gasteiger partial charge in [0, 0.05) is 12.1 Å². The third kappa shape index (κ3) is 4.77. The summed E-state index contributed by atoms with van der Waals surface area (Å²) in [5.74, 6) is 2.78. The second kappa shape index (κ2) is 7.67. The molecule has 112 valence electrons.